The van der Waals surface area contributed by atoms with E-state index in [0.29, 0.717) is 16.5 Å². The van der Waals surface area contributed by atoms with E-state index in [9.17, 15) is 9.59 Å². The number of thiazole rings is 1. The second kappa shape index (κ2) is 10.3. The van der Waals surface area contributed by atoms with Gasteiger partial charge in [0.05, 0.1) is 23.7 Å². The second-order valence-electron chi connectivity index (χ2n) is 7.94. The first kappa shape index (κ1) is 23.3. The fourth-order valence-corrected chi connectivity index (χ4v) is 3.70. The number of ether oxygens (including phenoxy) is 2. The zero-order chi connectivity index (χ0) is 23.1. The number of nitrogens with one attached hydrogen (secondary N) is 1. The average molecular weight is 459 g/mol. The molecule has 0 radical (unpaired) electrons. The van der Waals surface area contributed by atoms with Crippen molar-refractivity contribution in [3.8, 4) is 0 Å². The van der Waals surface area contributed by atoms with Crippen LogP contribution in [0.2, 0.25) is 0 Å². The lowest BCUT2D eigenvalue weighted by molar-refractivity contribution is 0.0255. The summed E-state index contributed by atoms with van der Waals surface area (Å²) in [5.41, 5.74) is 1.35. The molecule has 10 heteroatoms. The van der Waals surface area contributed by atoms with Crippen molar-refractivity contribution < 1.29 is 23.9 Å². The predicted molar refractivity (Wildman–Crippen MR) is 122 cm³/mol. The van der Waals surface area contributed by atoms with E-state index in [-0.39, 0.29) is 26.3 Å². The van der Waals surface area contributed by atoms with E-state index in [4.69, 9.17) is 14.3 Å². The van der Waals surface area contributed by atoms with Crippen LogP contribution in [-0.4, -0.2) is 46.5 Å². The van der Waals surface area contributed by atoms with Gasteiger partial charge in [-0.3, -0.25) is 10.2 Å². The molecule has 1 N–H and O–H groups in total. The summed E-state index contributed by atoms with van der Waals surface area (Å²) in [6.45, 7) is 9.78. The highest BCUT2D eigenvalue weighted by Crippen LogP contribution is 2.29. The van der Waals surface area contributed by atoms with Crippen LogP contribution in [0.25, 0.3) is 0 Å². The Morgan fingerprint density at radius 3 is 2.72 bits per heavy atom. The molecule has 1 aromatic carbocycles. The van der Waals surface area contributed by atoms with Crippen molar-refractivity contribution in [2.45, 2.75) is 39.5 Å². The lowest BCUT2D eigenvalue weighted by Gasteiger charge is -2.29. The zero-order valence-corrected chi connectivity index (χ0v) is 19.1. The van der Waals surface area contributed by atoms with Gasteiger partial charge in [-0.05, 0) is 26.3 Å². The van der Waals surface area contributed by atoms with Crippen LogP contribution in [0.1, 0.15) is 36.9 Å². The van der Waals surface area contributed by atoms with Gasteiger partial charge in [-0.25, -0.2) is 14.6 Å². The average Bonchev–Trinajstić information content (AvgIpc) is 3.14. The summed E-state index contributed by atoms with van der Waals surface area (Å²) in [6.07, 6.45) is 0.469. The van der Waals surface area contributed by atoms with Crippen LogP contribution in [0.4, 0.5) is 14.7 Å². The SMILES string of the molecule is C=CCO/N=C1\CN(C(=O)OC(C)(C)C)Cc2nc(NC(=O)OCc3ccccc3)sc21. The normalized spacial score (nSPS) is 14.5. The summed E-state index contributed by atoms with van der Waals surface area (Å²) >= 11 is 1.24. The maximum Gasteiger partial charge on any atom is 0.413 e. The second-order valence-corrected chi connectivity index (χ2v) is 8.94. The van der Waals surface area contributed by atoms with Gasteiger partial charge in [-0.15, -0.1) is 0 Å². The lowest BCUT2D eigenvalue weighted by Crippen LogP contribution is -2.42. The lowest BCUT2D eigenvalue weighted by atomic mass is 10.1. The van der Waals surface area contributed by atoms with Gasteiger partial charge in [-0.2, -0.15) is 0 Å². The van der Waals surface area contributed by atoms with E-state index >= 15 is 0 Å². The van der Waals surface area contributed by atoms with Gasteiger partial charge >= 0.3 is 12.2 Å². The number of carbonyl (C=O) groups is 2. The minimum absolute atomic E-state index is 0.145. The molecule has 170 valence electrons. The highest BCUT2D eigenvalue weighted by molar-refractivity contribution is 7.18. The van der Waals surface area contributed by atoms with Crippen LogP contribution in [0, 0.1) is 0 Å². The summed E-state index contributed by atoms with van der Waals surface area (Å²) < 4.78 is 10.7. The number of nitrogens with zero attached hydrogens (tertiary/aromatic N) is 3. The molecule has 0 saturated carbocycles. The fraction of sp³-hybridized carbons (Fsp3) is 0.364. The van der Waals surface area contributed by atoms with E-state index in [0.717, 1.165) is 10.4 Å². The first-order chi connectivity index (χ1) is 15.2. The summed E-state index contributed by atoms with van der Waals surface area (Å²) in [5, 5.41) is 7.12. The van der Waals surface area contributed by atoms with Crippen LogP contribution in [0.3, 0.4) is 0 Å². The Labute approximate surface area is 190 Å². The Balaban J connectivity index is 1.72. The first-order valence-corrected chi connectivity index (χ1v) is 10.8. The molecule has 0 aliphatic carbocycles. The fourth-order valence-electron chi connectivity index (χ4n) is 2.77. The van der Waals surface area contributed by atoms with Crippen molar-refractivity contribution in [3.05, 3.63) is 59.1 Å². The molecule has 2 amide bonds. The Morgan fingerprint density at radius 1 is 1.28 bits per heavy atom. The van der Waals surface area contributed by atoms with E-state index in [1.54, 1.807) is 26.8 Å². The standard InChI is InChI=1S/C22H26N4O5S/c1-5-11-30-25-17-13-26(21(28)31-22(2,3)4)12-16-18(17)32-19(23-16)24-20(27)29-14-15-9-7-6-8-10-15/h5-10H,1,11-14H2,2-4H3,(H,23,24,27)/b25-17+. The van der Waals surface area contributed by atoms with Crippen molar-refractivity contribution in [2.75, 3.05) is 18.5 Å². The van der Waals surface area contributed by atoms with Gasteiger partial charge in [0.25, 0.3) is 0 Å². The molecule has 0 saturated heterocycles. The smallest absolute Gasteiger partial charge is 0.413 e. The highest BCUT2D eigenvalue weighted by atomic mass is 32.1. The molecule has 2 aromatic rings. The van der Waals surface area contributed by atoms with Gasteiger partial charge in [0, 0.05) is 0 Å². The maximum absolute atomic E-state index is 12.6. The van der Waals surface area contributed by atoms with Crippen LogP contribution in [0.5, 0.6) is 0 Å². The van der Waals surface area contributed by atoms with Crippen LogP contribution < -0.4 is 5.32 Å². The largest absolute Gasteiger partial charge is 0.444 e. The Morgan fingerprint density at radius 2 is 2.03 bits per heavy atom. The van der Waals surface area contributed by atoms with Gasteiger partial charge in [0.2, 0.25) is 0 Å². The van der Waals surface area contributed by atoms with Gasteiger partial charge in [0.1, 0.15) is 24.5 Å². The quantitative estimate of drug-likeness (QED) is 0.387. The van der Waals surface area contributed by atoms with Gasteiger partial charge in [-0.1, -0.05) is 59.5 Å². The van der Waals surface area contributed by atoms with Crippen molar-refractivity contribution in [1.82, 2.24) is 9.88 Å². The van der Waals surface area contributed by atoms with E-state index in [2.05, 4.69) is 22.0 Å². The number of oxime groups is 1. The Hall–Kier alpha value is -3.40. The molecule has 3 rings (SSSR count). The molecule has 0 unspecified atom stereocenters. The molecule has 1 aromatic heterocycles. The number of hydrogen-bond acceptors (Lipinski definition) is 8. The first-order valence-electron chi connectivity index (χ1n) is 10.0. The molecule has 0 spiro atoms. The Kier molecular flexibility index (Phi) is 7.47. The number of aromatic nitrogens is 1. The summed E-state index contributed by atoms with van der Waals surface area (Å²) in [7, 11) is 0. The number of hydrogen-bond donors (Lipinski definition) is 1. The third-order valence-electron chi connectivity index (χ3n) is 4.08. The number of anilines is 1. The summed E-state index contributed by atoms with van der Waals surface area (Å²) in [4.78, 5) is 36.7. The molecular weight excluding hydrogens is 432 g/mol. The van der Waals surface area contributed by atoms with Crippen LogP contribution in [-0.2, 0) is 27.5 Å². The topological polar surface area (TPSA) is 102 Å². The zero-order valence-electron chi connectivity index (χ0n) is 18.3. The molecular formula is C22H26N4O5S. The summed E-state index contributed by atoms with van der Waals surface area (Å²) in [6, 6.07) is 9.37. The number of amides is 2. The third kappa shape index (κ3) is 6.55. The van der Waals surface area contributed by atoms with E-state index in [1.807, 2.05) is 30.3 Å². The van der Waals surface area contributed by atoms with Crippen LogP contribution in [0.15, 0.2) is 48.1 Å². The molecule has 1 aliphatic heterocycles. The monoisotopic (exact) mass is 458 g/mol. The predicted octanol–water partition coefficient (Wildman–Crippen LogP) is 4.55. The highest BCUT2D eigenvalue weighted by Gasteiger charge is 2.32. The van der Waals surface area contributed by atoms with Gasteiger partial charge in [0.15, 0.2) is 5.13 Å². The van der Waals surface area contributed by atoms with Crippen molar-refractivity contribution in [2.24, 2.45) is 5.16 Å². The number of carbonyl (C=O) groups excluding carboxylic acids is 2. The van der Waals surface area contributed by atoms with E-state index in [1.165, 1.54) is 16.2 Å². The Bertz CT molecular complexity index is 997. The van der Waals surface area contributed by atoms with Crippen LogP contribution >= 0.6 is 11.3 Å². The molecule has 0 atom stereocenters. The summed E-state index contributed by atoms with van der Waals surface area (Å²) in [5.74, 6) is 0. The molecule has 0 bridgehead atoms. The van der Waals surface area contributed by atoms with Crippen molar-refractivity contribution in [3.63, 3.8) is 0 Å². The van der Waals surface area contributed by atoms with Crippen molar-refractivity contribution in [1.29, 1.82) is 0 Å². The maximum atomic E-state index is 12.6. The van der Waals surface area contributed by atoms with E-state index < -0.39 is 17.8 Å². The molecule has 2 heterocycles. The molecule has 9 nitrogen and oxygen atoms in total. The minimum Gasteiger partial charge on any atom is -0.444 e. The third-order valence-corrected chi connectivity index (χ3v) is 5.14. The number of rotatable bonds is 6. The van der Waals surface area contributed by atoms with Crippen molar-refractivity contribution >= 4 is 34.4 Å². The molecule has 1 aliphatic rings. The minimum atomic E-state index is -0.634. The number of fused-ring (bicyclic) bond motifs is 1. The molecule has 32 heavy (non-hydrogen) atoms. The molecule has 0 fully saturated rings. The number of benzene rings is 1. The van der Waals surface area contributed by atoms with Gasteiger partial charge < -0.3 is 14.3 Å².